The van der Waals surface area contributed by atoms with Crippen molar-refractivity contribution in [1.82, 2.24) is 24.1 Å². The molecule has 0 bridgehead atoms. The molecular weight excluding hydrogens is 424 g/mol. The van der Waals surface area contributed by atoms with Crippen molar-refractivity contribution in [3.63, 3.8) is 0 Å². The number of fused-ring (bicyclic) bond motifs is 1. The molecule has 0 unspecified atom stereocenters. The van der Waals surface area contributed by atoms with Crippen molar-refractivity contribution in [1.29, 1.82) is 0 Å². The lowest BCUT2D eigenvalue weighted by Crippen LogP contribution is -2.16. The maximum atomic E-state index is 11.7. The fourth-order valence-electron chi connectivity index (χ4n) is 4.17. The van der Waals surface area contributed by atoms with Gasteiger partial charge in [-0.25, -0.2) is 9.67 Å². The summed E-state index contributed by atoms with van der Waals surface area (Å²) in [4.78, 5) is 18.6. The standard InChI is InChI=1S/C27H26N6O/c1-31(2)13-9-19-15-22(27(28)34)7-8-24(19)20-10-14-32-25(18-29-26(32)17-20)21-5-3-6-23(16-21)33-12-4-11-30-33/h3-8,10-12,14-18H,9,13H2,1-2H3,(H2,28,34). The molecule has 0 atom stereocenters. The van der Waals surface area contributed by atoms with Crippen molar-refractivity contribution in [3.8, 4) is 28.1 Å². The Morgan fingerprint density at radius 1 is 1.00 bits per heavy atom. The highest BCUT2D eigenvalue weighted by molar-refractivity contribution is 5.94. The Morgan fingerprint density at radius 3 is 2.65 bits per heavy atom. The largest absolute Gasteiger partial charge is 0.366 e. The number of primary amides is 1. The molecule has 0 radical (unpaired) electrons. The van der Waals surface area contributed by atoms with Crippen molar-refractivity contribution < 1.29 is 4.79 Å². The van der Waals surface area contributed by atoms with Gasteiger partial charge in [-0.1, -0.05) is 18.2 Å². The molecule has 0 saturated heterocycles. The van der Waals surface area contributed by atoms with Gasteiger partial charge in [0.05, 0.1) is 17.6 Å². The van der Waals surface area contributed by atoms with Crippen LogP contribution in [0.3, 0.4) is 0 Å². The van der Waals surface area contributed by atoms with Crippen LogP contribution in [0.2, 0.25) is 0 Å². The zero-order chi connectivity index (χ0) is 23.7. The number of nitrogens with zero attached hydrogens (tertiary/aromatic N) is 5. The Balaban J connectivity index is 1.54. The quantitative estimate of drug-likeness (QED) is 0.406. The summed E-state index contributed by atoms with van der Waals surface area (Å²) in [6.07, 6.45) is 8.45. The molecule has 2 N–H and O–H groups in total. The smallest absolute Gasteiger partial charge is 0.248 e. The van der Waals surface area contributed by atoms with Gasteiger partial charge in [-0.15, -0.1) is 0 Å². The van der Waals surface area contributed by atoms with Crippen molar-refractivity contribution in [2.45, 2.75) is 6.42 Å². The van der Waals surface area contributed by atoms with Crippen molar-refractivity contribution in [3.05, 3.63) is 96.6 Å². The van der Waals surface area contributed by atoms with Crippen LogP contribution >= 0.6 is 0 Å². The third kappa shape index (κ3) is 4.21. The van der Waals surface area contributed by atoms with E-state index in [-0.39, 0.29) is 0 Å². The van der Waals surface area contributed by atoms with Gasteiger partial charge in [0, 0.05) is 36.3 Å². The Kier molecular flexibility index (Phi) is 5.69. The molecule has 0 aliphatic heterocycles. The van der Waals surface area contributed by atoms with E-state index in [9.17, 15) is 4.79 Å². The normalized spacial score (nSPS) is 11.4. The number of imidazole rings is 1. The van der Waals surface area contributed by atoms with Crippen LogP contribution in [0.4, 0.5) is 0 Å². The number of amides is 1. The summed E-state index contributed by atoms with van der Waals surface area (Å²) in [6, 6.07) is 20.0. The topological polar surface area (TPSA) is 81.5 Å². The molecular formula is C27H26N6O. The number of hydrogen-bond acceptors (Lipinski definition) is 4. The second-order valence-electron chi connectivity index (χ2n) is 8.58. The lowest BCUT2D eigenvalue weighted by atomic mass is 9.95. The van der Waals surface area contributed by atoms with Gasteiger partial charge in [0.25, 0.3) is 0 Å². The van der Waals surface area contributed by atoms with Gasteiger partial charge in [-0.05, 0) is 79.7 Å². The van der Waals surface area contributed by atoms with Crippen LogP contribution in [-0.2, 0) is 6.42 Å². The van der Waals surface area contributed by atoms with E-state index in [0.29, 0.717) is 5.56 Å². The first-order valence-corrected chi connectivity index (χ1v) is 11.1. The number of benzene rings is 2. The second-order valence-corrected chi connectivity index (χ2v) is 8.58. The molecule has 0 saturated carbocycles. The lowest BCUT2D eigenvalue weighted by molar-refractivity contribution is 0.1000. The predicted molar refractivity (Wildman–Crippen MR) is 134 cm³/mol. The third-order valence-corrected chi connectivity index (χ3v) is 5.95. The Labute approximate surface area is 198 Å². The highest BCUT2D eigenvalue weighted by Crippen LogP contribution is 2.29. The Hall–Kier alpha value is -4.23. The molecule has 7 nitrogen and oxygen atoms in total. The van der Waals surface area contributed by atoms with E-state index in [1.54, 1.807) is 12.3 Å². The Morgan fingerprint density at radius 2 is 1.88 bits per heavy atom. The monoisotopic (exact) mass is 450 g/mol. The van der Waals surface area contributed by atoms with E-state index in [0.717, 1.165) is 52.2 Å². The number of hydrogen-bond donors (Lipinski definition) is 1. The average molecular weight is 451 g/mol. The summed E-state index contributed by atoms with van der Waals surface area (Å²) in [5.74, 6) is -0.414. The summed E-state index contributed by atoms with van der Waals surface area (Å²) >= 11 is 0. The first kappa shape index (κ1) is 21.6. The fourth-order valence-corrected chi connectivity index (χ4v) is 4.17. The van der Waals surface area contributed by atoms with Crippen LogP contribution in [0, 0.1) is 0 Å². The molecule has 0 fully saturated rings. The second kappa shape index (κ2) is 8.96. The summed E-state index contributed by atoms with van der Waals surface area (Å²) in [7, 11) is 4.08. The van der Waals surface area contributed by atoms with Gasteiger partial charge < -0.3 is 10.6 Å². The van der Waals surface area contributed by atoms with Crippen LogP contribution in [0.15, 0.2) is 85.5 Å². The number of aromatic nitrogens is 4. The van der Waals surface area contributed by atoms with Crippen molar-refractivity contribution >= 4 is 11.6 Å². The maximum Gasteiger partial charge on any atom is 0.248 e. The third-order valence-electron chi connectivity index (χ3n) is 5.95. The molecule has 0 aliphatic rings. The molecule has 0 spiro atoms. The van der Waals surface area contributed by atoms with E-state index in [2.05, 4.69) is 43.6 Å². The van der Waals surface area contributed by atoms with Gasteiger partial charge in [0.2, 0.25) is 5.91 Å². The highest BCUT2D eigenvalue weighted by atomic mass is 16.1. The fraction of sp³-hybridized carbons (Fsp3) is 0.148. The summed E-state index contributed by atoms with van der Waals surface area (Å²) in [6.45, 7) is 0.873. The van der Waals surface area contributed by atoms with Gasteiger partial charge in [-0.2, -0.15) is 5.10 Å². The van der Waals surface area contributed by atoms with E-state index >= 15 is 0 Å². The number of nitrogens with two attached hydrogens (primary N) is 1. The van der Waals surface area contributed by atoms with Crippen LogP contribution in [0.5, 0.6) is 0 Å². The SMILES string of the molecule is CN(C)CCc1cc(C(N)=O)ccc1-c1ccn2c(-c3cccc(-n4cccn4)c3)cnc2c1. The van der Waals surface area contributed by atoms with Crippen LogP contribution in [0.25, 0.3) is 33.7 Å². The Bertz CT molecular complexity index is 1470. The molecule has 0 aliphatic carbocycles. The lowest BCUT2D eigenvalue weighted by Gasteiger charge is -2.15. The minimum absolute atomic E-state index is 0.414. The minimum Gasteiger partial charge on any atom is -0.366 e. The van der Waals surface area contributed by atoms with Gasteiger partial charge in [0.15, 0.2) is 0 Å². The number of carbonyl (C=O) groups excluding carboxylic acids is 1. The van der Waals surface area contributed by atoms with E-state index in [1.807, 2.05) is 67.7 Å². The van der Waals surface area contributed by atoms with Crippen LogP contribution < -0.4 is 5.73 Å². The van der Waals surface area contributed by atoms with Crippen molar-refractivity contribution in [2.75, 3.05) is 20.6 Å². The minimum atomic E-state index is -0.414. The number of pyridine rings is 1. The maximum absolute atomic E-state index is 11.7. The first-order valence-electron chi connectivity index (χ1n) is 11.1. The molecule has 5 aromatic rings. The molecule has 34 heavy (non-hydrogen) atoms. The molecule has 5 rings (SSSR count). The van der Waals surface area contributed by atoms with Crippen LogP contribution in [-0.4, -0.2) is 50.6 Å². The first-order chi connectivity index (χ1) is 16.5. The summed E-state index contributed by atoms with van der Waals surface area (Å²) < 4.78 is 3.93. The molecule has 3 aromatic heterocycles. The number of carbonyl (C=O) groups is 1. The molecule has 1 amide bonds. The van der Waals surface area contributed by atoms with Gasteiger partial charge in [-0.3, -0.25) is 9.20 Å². The number of likely N-dealkylation sites (N-methyl/N-ethyl adjacent to an activating group) is 1. The zero-order valence-electron chi connectivity index (χ0n) is 19.2. The van der Waals surface area contributed by atoms with Crippen LogP contribution in [0.1, 0.15) is 15.9 Å². The zero-order valence-corrected chi connectivity index (χ0v) is 19.2. The number of rotatable bonds is 7. The van der Waals surface area contributed by atoms with E-state index in [4.69, 9.17) is 5.73 Å². The van der Waals surface area contributed by atoms with E-state index in [1.165, 1.54) is 0 Å². The molecule has 170 valence electrons. The van der Waals surface area contributed by atoms with Gasteiger partial charge >= 0.3 is 0 Å². The van der Waals surface area contributed by atoms with E-state index < -0.39 is 5.91 Å². The highest BCUT2D eigenvalue weighted by Gasteiger charge is 2.13. The van der Waals surface area contributed by atoms with Gasteiger partial charge in [0.1, 0.15) is 5.65 Å². The predicted octanol–water partition coefficient (Wildman–Crippen LogP) is 4.06. The average Bonchev–Trinajstić information content (AvgIpc) is 3.52. The summed E-state index contributed by atoms with van der Waals surface area (Å²) in [5.41, 5.74) is 13.2. The van der Waals surface area contributed by atoms with Crippen molar-refractivity contribution in [2.24, 2.45) is 5.73 Å². The molecule has 2 aromatic carbocycles. The summed E-state index contributed by atoms with van der Waals surface area (Å²) in [5, 5.41) is 4.33. The molecule has 7 heteroatoms. The molecule has 3 heterocycles.